The van der Waals surface area contributed by atoms with Crippen LogP contribution in [0.5, 0.6) is 0 Å². The fraction of sp³-hybridized carbons (Fsp3) is 0.676. The Morgan fingerprint density at radius 3 is 2.24 bits per heavy atom. The van der Waals surface area contributed by atoms with E-state index in [1.54, 1.807) is 6.07 Å². The van der Waals surface area contributed by atoms with Gasteiger partial charge in [-0.2, -0.15) is 0 Å². The van der Waals surface area contributed by atoms with Crippen molar-refractivity contribution in [2.45, 2.75) is 99.3 Å². The third kappa shape index (κ3) is 3.72. The van der Waals surface area contributed by atoms with E-state index in [1.807, 2.05) is 12.1 Å². The van der Waals surface area contributed by atoms with Gasteiger partial charge in [0.1, 0.15) is 0 Å². The quantitative estimate of drug-likeness (QED) is 0.341. The molecule has 0 aromatic heterocycles. The fourth-order valence-corrected chi connectivity index (χ4v) is 12.7. The van der Waals surface area contributed by atoms with Crippen molar-refractivity contribution >= 4 is 29.1 Å². The maximum Gasteiger partial charge on any atom is 0.337 e. The van der Waals surface area contributed by atoms with Crippen LogP contribution < -0.4 is 0 Å². The third-order valence-corrected chi connectivity index (χ3v) is 14.9. The SMILES string of the molecule is C=C(C)[C@@H]1CC[C@]2(C(=O)O)CC[C@]3(C)[C@H](CC[C@@H]4[C@@]5(C)CC=C(c6ccc(C(=O)O)c(Cl)c6)C(C)(C)[C@@H]5CC[C@]43C)[C@@H]12. The predicted molar refractivity (Wildman–Crippen MR) is 168 cm³/mol. The van der Waals surface area contributed by atoms with E-state index in [4.69, 9.17) is 11.6 Å². The molecule has 42 heavy (non-hydrogen) atoms. The number of aromatic carboxylic acids is 1. The Kier molecular flexibility index (Phi) is 6.75. The molecule has 0 heterocycles. The molecule has 6 rings (SSSR count). The molecule has 0 aliphatic heterocycles. The minimum atomic E-state index is -0.998. The highest BCUT2D eigenvalue weighted by Crippen LogP contribution is 2.77. The molecular formula is C37H49ClO4. The van der Waals surface area contributed by atoms with E-state index in [0.29, 0.717) is 28.7 Å². The molecular weight excluding hydrogens is 544 g/mol. The minimum absolute atomic E-state index is 0.0817. The first-order valence-electron chi connectivity index (χ1n) is 16.2. The van der Waals surface area contributed by atoms with E-state index in [2.05, 4.69) is 54.2 Å². The van der Waals surface area contributed by atoms with Crippen LogP contribution in [0.4, 0.5) is 0 Å². The number of fused-ring (bicyclic) bond motifs is 7. The number of carboxylic acid groups (broad SMARTS) is 2. The minimum Gasteiger partial charge on any atom is -0.481 e. The van der Waals surface area contributed by atoms with Gasteiger partial charge in [-0.1, -0.05) is 70.5 Å². The number of hydrogen-bond acceptors (Lipinski definition) is 2. The highest BCUT2D eigenvalue weighted by atomic mass is 35.5. The zero-order valence-electron chi connectivity index (χ0n) is 26.4. The van der Waals surface area contributed by atoms with Gasteiger partial charge < -0.3 is 10.2 Å². The Morgan fingerprint density at radius 1 is 0.905 bits per heavy atom. The van der Waals surface area contributed by atoms with Crippen molar-refractivity contribution in [3.05, 3.63) is 52.6 Å². The van der Waals surface area contributed by atoms with Gasteiger partial charge in [0.15, 0.2) is 0 Å². The zero-order valence-corrected chi connectivity index (χ0v) is 27.1. The molecule has 1 aromatic carbocycles. The molecule has 5 aliphatic carbocycles. The third-order valence-electron chi connectivity index (χ3n) is 14.6. The van der Waals surface area contributed by atoms with Gasteiger partial charge in [-0.25, -0.2) is 4.79 Å². The molecule has 0 amide bonds. The largest absolute Gasteiger partial charge is 0.481 e. The Balaban J connectivity index is 1.38. The van der Waals surface area contributed by atoms with Crippen LogP contribution in [0.25, 0.3) is 5.57 Å². The molecule has 0 saturated heterocycles. The van der Waals surface area contributed by atoms with Crippen LogP contribution in [-0.2, 0) is 4.79 Å². The summed E-state index contributed by atoms with van der Waals surface area (Å²) in [5.74, 6) is 0.440. The lowest BCUT2D eigenvalue weighted by molar-refractivity contribution is -0.227. The smallest absolute Gasteiger partial charge is 0.337 e. The van der Waals surface area contributed by atoms with E-state index in [-0.39, 0.29) is 33.1 Å². The molecule has 4 saturated carbocycles. The number of hydrogen-bond donors (Lipinski definition) is 2. The van der Waals surface area contributed by atoms with Crippen molar-refractivity contribution in [1.82, 2.24) is 0 Å². The number of benzene rings is 1. The number of rotatable bonds is 4. The van der Waals surface area contributed by atoms with Gasteiger partial charge in [0.05, 0.1) is 16.0 Å². The Morgan fingerprint density at radius 2 is 1.62 bits per heavy atom. The highest BCUT2D eigenvalue weighted by molar-refractivity contribution is 6.33. The van der Waals surface area contributed by atoms with Gasteiger partial charge >= 0.3 is 11.9 Å². The van der Waals surface area contributed by atoms with Crippen LogP contribution in [0, 0.1) is 56.7 Å². The molecule has 2 N–H and O–H groups in total. The second kappa shape index (κ2) is 9.46. The first-order chi connectivity index (χ1) is 19.5. The molecule has 5 heteroatoms. The molecule has 4 fully saturated rings. The second-order valence-corrected chi connectivity index (χ2v) is 16.6. The fourth-order valence-electron chi connectivity index (χ4n) is 12.5. The van der Waals surface area contributed by atoms with Gasteiger partial charge in [-0.15, -0.1) is 0 Å². The lowest BCUT2D eigenvalue weighted by Crippen LogP contribution is -2.65. The average Bonchev–Trinajstić information content (AvgIpc) is 3.30. The van der Waals surface area contributed by atoms with Crippen LogP contribution in [0.15, 0.2) is 36.4 Å². The Hall–Kier alpha value is -2.07. The van der Waals surface area contributed by atoms with Gasteiger partial charge in [-0.05, 0) is 139 Å². The maximum absolute atomic E-state index is 12.9. The summed E-state index contributed by atoms with van der Waals surface area (Å²) in [6.07, 6.45) is 11.6. The van der Waals surface area contributed by atoms with Crippen molar-refractivity contribution in [2.75, 3.05) is 0 Å². The molecule has 228 valence electrons. The molecule has 5 aliphatic rings. The standard InChI is InChI=1S/C37H49ClO4/c1-21(2)23-12-17-37(32(41)42)19-18-35(6)26(30(23)37)10-11-29-34(5)15-13-25(22-8-9-24(31(39)40)27(38)20-22)33(3,4)28(34)14-16-36(29,35)7/h8-9,13,20,23,26,28-30H,1,10-12,14-19H2,2-7H3,(H,39,40)(H,41,42)/t23-,26+,28-,29+,30+,34-,35+,36+,37-/m0/s1. The summed E-state index contributed by atoms with van der Waals surface area (Å²) in [5, 5.41) is 20.4. The van der Waals surface area contributed by atoms with Crippen LogP contribution >= 0.6 is 11.6 Å². The summed E-state index contributed by atoms with van der Waals surface area (Å²) in [6, 6.07) is 5.42. The van der Waals surface area contributed by atoms with Crippen molar-refractivity contribution < 1.29 is 19.8 Å². The number of carboxylic acids is 2. The first kappa shape index (κ1) is 30.0. The van der Waals surface area contributed by atoms with Crippen LogP contribution in [0.2, 0.25) is 5.02 Å². The molecule has 0 bridgehead atoms. The topological polar surface area (TPSA) is 74.6 Å². The maximum atomic E-state index is 12.9. The summed E-state index contributed by atoms with van der Waals surface area (Å²) in [7, 11) is 0. The van der Waals surface area contributed by atoms with Crippen molar-refractivity contribution in [3.63, 3.8) is 0 Å². The molecule has 1 aromatic rings. The zero-order chi connectivity index (χ0) is 30.6. The molecule has 0 unspecified atom stereocenters. The van der Waals surface area contributed by atoms with E-state index in [1.165, 1.54) is 17.6 Å². The van der Waals surface area contributed by atoms with Crippen LogP contribution in [0.1, 0.15) is 115 Å². The number of allylic oxidation sites excluding steroid dienone is 3. The molecule has 0 spiro atoms. The van der Waals surface area contributed by atoms with Gasteiger partial charge in [0, 0.05) is 0 Å². The van der Waals surface area contributed by atoms with E-state index < -0.39 is 17.4 Å². The lowest BCUT2D eigenvalue weighted by atomic mass is 9.32. The van der Waals surface area contributed by atoms with Gasteiger partial charge in [0.2, 0.25) is 0 Å². The number of aliphatic carboxylic acids is 1. The van der Waals surface area contributed by atoms with Crippen molar-refractivity contribution in [2.24, 2.45) is 56.7 Å². The predicted octanol–water partition coefficient (Wildman–Crippen LogP) is 9.77. The van der Waals surface area contributed by atoms with E-state index in [0.717, 1.165) is 56.9 Å². The van der Waals surface area contributed by atoms with E-state index in [9.17, 15) is 19.8 Å². The van der Waals surface area contributed by atoms with Crippen LogP contribution in [0.3, 0.4) is 0 Å². The van der Waals surface area contributed by atoms with Gasteiger partial charge in [0.25, 0.3) is 0 Å². The monoisotopic (exact) mass is 592 g/mol. The number of halogens is 1. The molecule has 4 nitrogen and oxygen atoms in total. The molecule has 9 atom stereocenters. The summed E-state index contributed by atoms with van der Waals surface area (Å²) in [5.41, 5.74) is 3.39. The first-order valence-corrected chi connectivity index (χ1v) is 16.5. The van der Waals surface area contributed by atoms with Crippen molar-refractivity contribution in [1.29, 1.82) is 0 Å². The average molecular weight is 593 g/mol. The summed E-state index contributed by atoms with van der Waals surface area (Å²) < 4.78 is 0. The highest BCUT2D eigenvalue weighted by Gasteiger charge is 2.71. The lowest BCUT2D eigenvalue weighted by Gasteiger charge is -2.72. The van der Waals surface area contributed by atoms with E-state index >= 15 is 0 Å². The van der Waals surface area contributed by atoms with Crippen LogP contribution in [-0.4, -0.2) is 22.2 Å². The Bertz CT molecular complexity index is 1390. The second-order valence-electron chi connectivity index (χ2n) is 16.2. The summed E-state index contributed by atoms with van der Waals surface area (Å²) in [6.45, 7) is 19.0. The summed E-state index contributed by atoms with van der Waals surface area (Å²) in [4.78, 5) is 24.5. The Labute approximate surface area is 257 Å². The van der Waals surface area contributed by atoms with Crippen molar-refractivity contribution in [3.8, 4) is 0 Å². The van der Waals surface area contributed by atoms with Gasteiger partial charge in [-0.3, -0.25) is 4.79 Å². The number of carbonyl (C=O) groups is 2. The normalized spacial score (nSPS) is 43.7. The summed E-state index contributed by atoms with van der Waals surface area (Å²) >= 11 is 6.44. The molecule has 0 radical (unpaired) electrons.